The molecule has 1 heterocycles. The van der Waals surface area contributed by atoms with Crippen molar-refractivity contribution in [3.63, 3.8) is 0 Å². The van der Waals surface area contributed by atoms with E-state index in [0.717, 1.165) is 11.3 Å². The molecule has 6 heteroatoms. The van der Waals surface area contributed by atoms with Crippen LogP contribution in [0, 0.1) is 5.92 Å². The van der Waals surface area contributed by atoms with E-state index in [1.807, 2.05) is 24.3 Å². The van der Waals surface area contributed by atoms with Gasteiger partial charge in [0.1, 0.15) is 11.9 Å². The van der Waals surface area contributed by atoms with Gasteiger partial charge in [0.05, 0.1) is 19.6 Å². The third-order valence-corrected chi connectivity index (χ3v) is 4.06. The monoisotopic (exact) mass is 321 g/mol. The zero-order chi connectivity index (χ0) is 16.8. The number of likely N-dealkylation sites (tertiary alicyclic amines) is 1. The number of piperidine rings is 1. The molecule has 0 spiro atoms. The van der Waals surface area contributed by atoms with E-state index in [9.17, 15) is 9.59 Å². The van der Waals surface area contributed by atoms with Crippen molar-refractivity contribution in [1.29, 1.82) is 0 Å². The fourth-order valence-corrected chi connectivity index (χ4v) is 2.69. The van der Waals surface area contributed by atoms with E-state index in [1.165, 1.54) is 0 Å². The molecule has 1 unspecified atom stereocenters. The van der Waals surface area contributed by atoms with Crippen molar-refractivity contribution in [1.82, 2.24) is 4.90 Å². The highest BCUT2D eigenvalue weighted by Gasteiger charge is 2.30. The molecule has 0 saturated carbocycles. The molecule has 1 N–H and O–H groups in total. The van der Waals surface area contributed by atoms with Crippen molar-refractivity contribution in [2.45, 2.75) is 32.5 Å². The fourth-order valence-electron chi connectivity index (χ4n) is 2.69. The number of carbonyl (C=O) groups excluding carboxylic acids is 1. The maximum atomic E-state index is 12.4. The Hall–Kier alpha value is -2.08. The lowest BCUT2D eigenvalue weighted by Gasteiger charge is -2.32. The van der Waals surface area contributed by atoms with Crippen LogP contribution in [0.3, 0.4) is 0 Å². The summed E-state index contributed by atoms with van der Waals surface area (Å²) in [6.07, 6.45) is 0.734. The second-order valence-electron chi connectivity index (χ2n) is 5.77. The molecule has 23 heavy (non-hydrogen) atoms. The van der Waals surface area contributed by atoms with E-state index in [0.29, 0.717) is 26.0 Å². The van der Waals surface area contributed by atoms with Crippen molar-refractivity contribution >= 4 is 11.9 Å². The second kappa shape index (κ2) is 7.97. The Bertz CT molecular complexity index is 560. The first-order valence-corrected chi connectivity index (χ1v) is 7.77. The Morgan fingerprint density at radius 1 is 1.43 bits per heavy atom. The summed E-state index contributed by atoms with van der Waals surface area (Å²) < 4.78 is 10.8. The number of ether oxygens (including phenoxy) is 2. The number of amides is 1. The third-order valence-electron chi connectivity index (χ3n) is 4.06. The van der Waals surface area contributed by atoms with Gasteiger partial charge in [-0.05, 0) is 37.5 Å². The Morgan fingerprint density at radius 2 is 2.22 bits per heavy atom. The van der Waals surface area contributed by atoms with Gasteiger partial charge in [0.2, 0.25) is 0 Å². The Balaban J connectivity index is 1.88. The van der Waals surface area contributed by atoms with Gasteiger partial charge in [-0.2, -0.15) is 0 Å². The average molecular weight is 321 g/mol. The predicted molar refractivity (Wildman–Crippen MR) is 84.2 cm³/mol. The zero-order valence-corrected chi connectivity index (χ0v) is 13.5. The van der Waals surface area contributed by atoms with Gasteiger partial charge < -0.3 is 19.5 Å². The second-order valence-corrected chi connectivity index (χ2v) is 5.77. The summed E-state index contributed by atoms with van der Waals surface area (Å²) in [6.45, 7) is 2.86. The van der Waals surface area contributed by atoms with E-state index in [2.05, 4.69) is 0 Å². The number of aliphatic carboxylic acids is 1. The molecule has 1 amide bonds. The van der Waals surface area contributed by atoms with Crippen LogP contribution >= 0.6 is 0 Å². The van der Waals surface area contributed by atoms with Crippen molar-refractivity contribution in [3.05, 3.63) is 29.8 Å². The SMILES string of the molecule is COc1cccc(COC(C)C(=O)N2CCC[C@H](C(=O)O)C2)c1. The largest absolute Gasteiger partial charge is 0.497 e. The van der Waals surface area contributed by atoms with Gasteiger partial charge in [-0.3, -0.25) is 9.59 Å². The van der Waals surface area contributed by atoms with Crippen molar-refractivity contribution < 1.29 is 24.2 Å². The minimum absolute atomic E-state index is 0.154. The van der Waals surface area contributed by atoms with Gasteiger partial charge in [-0.15, -0.1) is 0 Å². The number of methoxy groups -OCH3 is 1. The molecular formula is C17H23NO5. The summed E-state index contributed by atoms with van der Waals surface area (Å²) in [5, 5.41) is 9.10. The summed E-state index contributed by atoms with van der Waals surface area (Å²) in [5.41, 5.74) is 0.922. The highest BCUT2D eigenvalue weighted by Crippen LogP contribution is 2.19. The average Bonchev–Trinajstić information content (AvgIpc) is 2.59. The molecule has 1 aliphatic heterocycles. The Labute approximate surface area is 136 Å². The van der Waals surface area contributed by atoms with Gasteiger partial charge in [-0.25, -0.2) is 0 Å². The standard InChI is InChI=1S/C17H23NO5/c1-12(23-11-13-5-3-7-15(9-13)22-2)16(19)18-8-4-6-14(10-18)17(20)21/h3,5,7,9,12,14H,4,6,8,10-11H2,1-2H3,(H,20,21)/t12?,14-/m0/s1. The van der Waals surface area contributed by atoms with E-state index < -0.39 is 18.0 Å². The van der Waals surface area contributed by atoms with Crippen LogP contribution in [-0.2, 0) is 20.9 Å². The molecule has 1 fully saturated rings. The lowest BCUT2D eigenvalue weighted by molar-refractivity contribution is -0.150. The number of nitrogens with zero attached hydrogens (tertiary/aromatic N) is 1. The minimum atomic E-state index is -0.840. The van der Waals surface area contributed by atoms with Crippen molar-refractivity contribution in [3.8, 4) is 5.75 Å². The van der Waals surface area contributed by atoms with E-state index >= 15 is 0 Å². The molecule has 1 aliphatic rings. The summed E-state index contributed by atoms with van der Waals surface area (Å²) in [5.74, 6) is -0.727. The highest BCUT2D eigenvalue weighted by atomic mass is 16.5. The van der Waals surface area contributed by atoms with Gasteiger partial charge >= 0.3 is 5.97 Å². The third kappa shape index (κ3) is 4.69. The quantitative estimate of drug-likeness (QED) is 0.866. The van der Waals surface area contributed by atoms with Crippen molar-refractivity contribution in [2.24, 2.45) is 5.92 Å². The smallest absolute Gasteiger partial charge is 0.308 e. The predicted octanol–water partition coefficient (Wildman–Crippen LogP) is 1.92. The summed E-state index contributed by atoms with van der Waals surface area (Å²) in [6, 6.07) is 7.48. The lowest BCUT2D eigenvalue weighted by atomic mass is 9.98. The topological polar surface area (TPSA) is 76.1 Å². The molecule has 1 saturated heterocycles. The van der Waals surface area contributed by atoms with Crippen LogP contribution in [0.15, 0.2) is 24.3 Å². The normalized spacial score (nSPS) is 19.2. The summed E-state index contributed by atoms with van der Waals surface area (Å²) in [4.78, 5) is 25.1. The molecule has 126 valence electrons. The number of carboxylic acid groups (broad SMARTS) is 1. The van der Waals surface area contributed by atoms with Crippen LogP contribution in [0.2, 0.25) is 0 Å². The van der Waals surface area contributed by atoms with Gasteiger partial charge in [0, 0.05) is 13.1 Å². The number of carbonyl (C=O) groups is 2. The summed E-state index contributed by atoms with van der Waals surface area (Å²) >= 11 is 0. The van der Waals surface area contributed by atoms with Crippen LogP contribution in [0.4, 0.5) is 0 Å². The van der Waals surface area contributed by atoms with Crippen LogP contribution in [0.25, 0.3) is 0 Å². The Kier molecular flexibility index (Phi) is 5.98. The number of carboxylic acids is 1. The fraction of sp³-hybridized carbons (Fsp3) is 0.529. The molecule has 0 aromatic heterocycles. The number of hydrogen-bond donors (Lipinski definition) is 1. The maximum Gasteiger partial charge on any atom is 0.308 e. The zero-order valence-electron chi connectivity index (χ0n) is 13.5. The molecule has 2 atom stereocenters. The van der Waals surface area contributed by atoms with Gasteiger partial charge in [0.15, 0.2) is 0 Å². The highest BCUT2D eigenvalue weighted by molar-refractivity contribution is 5.81. The van der Waals surface area contributed by atoms with Gasteiger partial charge in [-0.1, -0.05) is 12.1 Å². The number of hydrogen-bond acceptors (Lipinski definition) is 4. The van der Waals surface area contributed by atoms with E-state index in [1.54, 1.807) is 18.9 Å². The van der Waals surface area contributed by atoms with E-state index in [4.69, 9.17) is 14.6 Å². The molecule has 0 radical (unpaired) electrons. The lowest BCUT2D eigenvalue weighted by Crippen LogP contribution is -2.46. The molecular weight excluding hydrogens is 298 g/mol. The minimum Gasteiger partial charge on any atom is -0.497 e. The van der Waals surface area contributed by atoms with Crippen LogP contribution in [0.1, 0.15) is 25.3 Å². The van der Waals surface area contributed by atoms with Crippen molar-refractivity contribution in [2.75, 3.05) is 20.2 Å². The van der Waals surface area contributed by atoms with E-state index in [-0.39, 0.29) is 12.5 Å². The Morgan fingerprint density at radius 3 is 2.91 bits per heavy atom. The van der Waals surface area contributed by atoms with Crippen LogP contribution in [0.5, 0.6) is 5.75 Å². The first kappa shape index (κ1) is 17.3. The first-order chi connectivity index (χ1) is 11.0. The summed E-state index contributed by atoms with van der Waals surface area (Å²) in [7, 11) is 1.60. The maximum absolute atomic E-state index is 12.4. The molecule has 0 bridgehead atoms. The van der Waals surface area contributed by atoms with Gasteiger partial charge in [0.25, 0.3) is 5.91 Å². The van der Waals surface area contributed by atoms with Crippen LogP contribution in [-0.4, -0.2) is 48.2 Å². The molecule has 6 nitrogen and oxygen atoms in total. The molecule has 0 aliphatic carbocycles. The number of benzene rings is 1. The molecule has 1 aromatic carbocycles. The number of rotatable bonds is 6. The molecule has 1 aromatic rings. The van der Waals surface area contributed by atoms with Crippen LogP contribution < -0.4 is 4.74 Å². The molecule has 2 rings (SSSR count). The first-order valence-electron chi connectivity index (χ1n) is 7.77.